The van der Waals surface area contributed by atoms with E-state index in [9.17, 15) is 4.79 Å². The third kappa shape index (κ3) is 11.7. The van der Waals surface area contributed by atoms with Crippen molar-refractivity contribution >= 4 is 15.0 Å². The Hall–Kier alpha value is -1.16. The normalized spacial score (nSPS) is 13.4. The standard InChI is InChI=1S/C27H47O5P/c1-7-11-13-15-26(30-18-9-3)31-33-32-27-23(14-12-8-2)19-22(16-17-25(28)29-6)20-24(27)21(5)10-4/h19-21,26,33H,7-18H2,1-6H3. The molecule has 0 aliphatic rings. The fourth-order valence-electron chi connectivity index (χ4n) is 3.64. The van der Waals surface area contributed by atoms with Crippen LogP contribution >= 0.6 is 9.03 Å². The van der Waals surface area contributed by atoms with Gasteiger partial charge in [-0.2, -0.15) is 0 Å². The molecule has 0 aliphatic heterocycles. The molecule has 6 heteroatoms. The summed E-state index contributed by atoms with van der Waals surface area (Å²) in [4.78, 5) is 11.7. The Morgan fingerprint density at radius 2 is 1.76 bits per heavy atom. The molecule has 0 spiro atoms. The lowest BCUT2D eigenvalue weighted by molar-refractivity contribution is -0.140. The predicted octanol–water partition coefficient (Wildman–Crippen LogP) is 7.89. The Morgan fingerprint density at radius 3 is 2.39 bits per heavy atom. The Labute approximate surface area is 204 Å². The summed E-state index contributed by atoms with van der Waals surface area (Å²) in [6.07, 6.45) is 10.4. The van der Waals surface area contributed by atoms with E-state index in [0.717, 1.165) is 50.7 Å². The molecule has 0 bridgehead atoms. The van der Waals surface area contributed by atoms with Crippen molar-refractivity contribution < 1.29 is 23.3 Å². The Kier molecular flexibility index (Phi) is 16.5. The van der Waals surface area contributed by atoms with Crippen LogP contribution in [-0.2, 0) is 31.6 Å². The van der Waals surface area contributed by atoms with Gasteiger partial charge in [-0.05, 0) is 67.6 Å². The van der Waals surface area contributed by atoms with E-state index in [4.69, 9.17) is 18.5 Å². The van der Waals surface area contributed by atoms with Crippen LogP contribution in [0.5, 0.6) is 5.75 Å². The molecule has 33 heavy (non-hydrogen) atoms. The van der Waals surface area contributed by atoms with Crippen molar-refractivity contribution in [1.82, 2.24) is 0 Å². The third-order valence-corrected chi connectivity index (χ3v) is 6.56. The lowest BCUT2D eigenvalue weighted by atomic mass is 9.90. The topological polar surface area (TPSA) is 54.0 Å². The van der Waals surface area contributed by atoms with Crippen LogP contribution in [0.2, 0.25) is 0 Å². The van der Waals surface area contributed by atoms with Gasteiger partial charge in [0.1, 0.15) is 5.75 Å². The van der Waals surface area contributed by atoms with Crippen molar-refractivity contribution in [2.24, 2.45) is 0 Å². The molecule has 1 aromatic rings. The van der Waals surface area contributed by atoms with E-state index in [1.807, 2.05) is 0 Å². The van der Waals surface area contributed by atoms with Crippen molar-refractivity contribution in [1.29, 1.82) is 0 Å². The molecule has 0 aliphatic carbocycles. The van der Waals surface area contributed by atoms with Crippen molar-refractivity contribution in [2.75, 3.05) is 13.7 Å². The number of aryl methyl sites for hydroxylation is 2. The fourth-order valence-corrected chi connectivity index (χ4v) is 4.32. The zero-order chi connectivity index (χ0) is 24.5. The molecular weight excluding hydrogens is 435 g/mol. The molecule has 5 nitrogen and oxygen atoms in total. The van der Waals surface area contributed by atoms with Gasteiger partial charge >= 0.3 is 5.97 Å². The lowest BCUT2D eigenvalue weighted by Gasteiger charge is -2.23. The molecule has 0 heterocycles. The van der Waals surface area contributed by atoms with Gasteiger partial charge in [0.15, 0.2) is 6.29 Å². The second-order valence-electron chi connectivity index (χ2n) is 8.76. The number of hydrogen-bond donors (Lipinski definition) is 0. The van der Waals surface area contributed by atoms with Gasteiger partial charge in [0.2, 0.25) is 9.03 Å². The Morgan fingerprint density at radius 1 is 1.00 bits per heavy atom. The van der Waals surface area contributed by atoms with E-state index in [0.29, 0.717) is 25.4 Å². The number of methoxy groups -OCH3 is 1. The van der Waals surface area contributed by atoms with Crippen LogP contribution in [0.15, 0.2) is 12.1 Å². The van der Waals surface area contributed by atoms with Crippen LogP contribution in [-0.4, -0.2) is 26.0 Å². The molecule has 0 fully saturated rings. The Bertz CT molecular complexity index is 664. The maximum absolute atomic E-state index is 11.7. The number of rotatable bonds is 19. The minimum atomic E-state index is -0.208. The zero-order valence-electron chi connectivity index (χ0n) is 21.8. The first-order chi connectivity index (χ1) is 16.0. The molecule has 3 atom stereocenters. The summed E-state index contributed by atoms with van der Waals surface area (Å²) in [7, 11) is 1.34. The summed E-state index contributed by atoms with van der Waals surface area (Å²) in [6.45, 7) is 11.7. The molecule has 0 amide bonds. The average molecular weight is 483 g/mol. The SMILES string of the molecule is CCCCCC(OCCC)OPOc1c(CCCC)cc(CCC(=O)OC)cc1C(C)CC. The van der Waals surface area contributed by atoms with E-state index in [-0.39, 0.29) is 21.3 Å². The van der Waals surface area contributed by atoms with Gasteiger partial charge < -0.3 is 14.0 Å². The molecule has 1 aromatic carbocycles. The highest BCUT2D eigenvalue weighted by atomic mass is 31.1. The van der Waals surface area contributed by atoms with E-state index < -0.39 is 0 Å². The molecule has 0 saturated heterocycles. The minimum absolute atomic E-state index is 0.100. The summed E-state index contributed by atoms with van der Waals surface area (Å²) >= 11 is 0. The molecule has 0 saturated carbocycles. The summed E-state index contributed by atoms with van der Waals surface area (Å²) in [6, 6.07) is 4.41. The van der Waals surface area contributed by atoms with Crippen LogP contribution in [0.1, 0.15) is 115 Å². The molecular formula is C27H47O5P. The number of benzene rings is 1. The predicted molar refractivity (Wildman–Crippen MR) is 138 cm³/mol. The third-order valence-electron chi connectivity index (χ3n) is 5.92. The summed E-state index contributed by atoms with van der Waals surface area (Å²) < 4.78 is 23.2. The number of esters is 1. The zero-order valence-corrected chi connectivity index (χ0v) is 22.8. The van der Waals surface area contributed by atoms with E-state index in [1.54, 1.807) is 0 Å². The molecule has 3 unspecified atom stereocenters. The Balaban J connectivity index is 3.04. The number of hydrogen-bond acceptors (Lipinski definition) is 5. The highest BCUT2D eigenvalue weighted by molar-refractivity contribution is 7.26. The smallest absolute Gasteiger partial charge is 0.305 e. The largest absolute Gasteiger partial charge is 0.469 e. The van der Waals surface area contributed by atoms with Gasteiger partial charge in [-0.1, -0.05) is 66.0 Å². The summed E-state index contributed by atoms with van der Waals surface area (Å²) in [5.74, 6) is 1.15. The van der Waals surface area contributed by atoms with Crippen LogP contribution in [0.25, 0.3) is 0 Å². The highest BCUT2D eigenvalue weighted by Crippen LogP contribution is 2.38. The lowest BCUT2D eigenvalue weighted by Crippen LogP contribution is -2.15. The molecule has 1 rings (SSSR count). The monoisotopic (exact) mass is 482 g/mol. The van der Waals surface area contributed by atoms with Crippen LogP contribution in [0.4, 0.5) is 0 Å². The van der Waals surface area contributed by atoms with Gasteiger partial charge in [-0.15, -0.1) is 0 Å². The first-order valence-electron chi connectivity index (χ1n) is 12.9. The van der Waals surface area contributed by atoms with Gasteiger partial charge in [0, 0.05) is 13.0 Å². The fraction of sp³-hybridized carbons (Fsp3) is 0.741. The van der Waals surface area contributed by atoms with Gasteiger partial charge in [0.05, 0.1) is 7.11 Å². The minimum Gasteiger partial charge on any atom is -0.469 e. The number of unbranched alkanes of at least 4 members (excludes halogenated alkanes) is 3. The van der Waals surface area contributed by atoms with Crippen LogP contribution in [0.3, 0.4) is 0 Å². The van der Waals surface area contributed by atoms with Crippen molar-refractivity contribution in [3.8, 4) is 5.75 Å². The molecule has 0 aromatic heterocycles. The number of ether oxygens (including phenoxy) is 2. The highest BCUT2D eigenvalue weighted by Gasteiger charge is 2.19. The van der Waals surface area contributed by atoms with Crippen LogP contribution in [0, 0.1) is 0 Å². The van der Waals surface area contributed by atoms with E-state index in [2.05, 4.69) is 46.8 Å². The summed E-state index contributed by atoms with van der Waals surface area (Å²) in [5, 5.41) is 0. The second kappa shape index (κ2) is 18.2. The molecule has 0 radical (unpaired) electrons. The van der Waals surface area contributed by atoms with Crippen LogP contribution < -0.4 is 4.52 Å². The first-order valence-corrected chi connectivity index (χ1v) is 13.7. The van der Waals surface area contributed by atoms with Gasteiger partial charge in [-0.25, -0.2) is 0 Å². The van der Waals surface area contributed by atoms with Gasteiger partial charge in [-0.3, -0.25) is 9.32 Å². The van der Waals surface area contributed by atoms with Gasteiger partial charge in [0.25, 0.3) is 0 Å². The average Bonchev–Trinajstić information content (AvgIpc) is 2.84. The van der Waals surface area contributed by atoms with Crippen molar-refractivity contribution in [2.45, 2.75) is 117 Å². The summed E-state index contributed by atoms with van der Waals surface area (Å²) in [5.41, 5.74) is 3.59. The van der Waals surface area contributed by atoms with E-state index >= 15 is 0 Å². The quantitative estimate of drug-likeness (QED) is 0.0868. The maximum Gasteiger partial charge on any atom is 0.305 e. The van der Waals surface area contributed by atoms with Crippen molar-refractivity contribution in [3.63, 3.8) is 0 Å². The maximum atomic E-state index is 11.7. The second-order valence-corrected chi connectivity index (χ2v) is 9.37. The number of carbonyl (C=O) groups is 1. The first kappa shape index (κ1) is 29.9. The molecule has 0 N–H and O–H groups in total. The van der Waals surface area contributed by atoms with Crippen molar-refractivity contribution in [3.05, 3.63) is 28.8 Å². The number of carbonyl (C=O) groups excluding carboxylic acids is 1. The molecule has 190 valence electrons. The van der Waals surface area contributed by atoms with E-state index in [1.165, 1.54) is 36.6 Å².